The van der Waals surface area contributed by atoms with Crippen molar-refractivity contribution >= 4 is 11.0 Å². The molecule has 5 nitrogen and oxygen atoms in total. The fourth-order valence-electron chi connectivity index (χ4n) is 2.34. The third-order valence-corrected chi connectivity index (χ3v) is 3.53. The van der Waals surface area contributed by atoms with Gasteiger partial charge in [0, 0.05) is 25.1 Å². The van der Waals surface area contributed by atoms with Gasteiger partial charge in [0.25, 0.3) is 0 Å². The number of H-pyrrole nitrogens is 1. The summed E-state index contributed by atoms with van der Waals surface area (Å²) < 4.78 is 10.6. The molecule has 0 aliphatic rings. The molecule has 0 saturated carbocycles. The number of imidazole rings is 1. The number of fused-ring (bicyclic) bond motifs is 1. The molecule has 0 unspecified atom stereocenters. The molecule has 0 radical (unpaired) electrons. The summed E-state index contributed by atoms with van der Waals surface area (Å²) in [6.07, 6.45) is 4.68. The zero-order valence-electron chi connectivity index (χ0n) is 13.2. The average Bonchev–Trinajstić information content (AvgIpc) is 2.90. The van der Waals surface area contributed by atoms with E-state index in [1.165, 1.54) is 19.3 Å². The van der Waals surface area contributed by atoms with Crippen molar-refractivity contribution in [3.8, 4) is 11.5 Å². The third kappa shape index (κ3) is 4.11. The number of methoxy groups -OCH3 is 2. The molecule has 5 heteroatoms. The quantitative estimate of drug-likeness (QED) is 0.697. The van der Waals surface area contributed by atoms with Gasteiger partial charge in [0.2, 0.25) is 0 Å². The van der Waals surface area contributed by atoms with Gasteiger partial charge in [-0.2, -0.15) is 0 Å². The lowest BCUT2D eigenvalue weighted by atomic mass is 10.2. The number of ether oxygens (including phenoxy) is 2. The Morgan fingerprint density at radius 3 is 2.57 bits per heavy atom. The maximum atomic E-state index is 5.30. The lowest BCUT2D eigenvalue weighted by Gasteiger charge is -2.06. The zero-order chi connectivity index (χ0) is 15.1. The van der Waals surface area contributed by atoms with E-state index < -0.39 is 0 Å². The fraction of sp³-hybridized carbons (Fsp3) is 0.562. The Balaban J connectivity index is 1.95. The molecule has 0 fully saturated rings. The molecule has 1 aromatic heterocycles. The number of hydrogen-bond acceptors (Lipinski definition) is 4. The Morgan fingerprint density at radius 2 is 1.86 bits per heavy atom. The van der Waals surface area contributed by atoms with Crippen LogP contribution in [-0.2, 0) is 6.42 Å². The molecule has 0 atom stereocenters. The van der Waals surface area contributed by atoms with Crippen LogP contribution in [-0.4, -0.2) is 37.3 Å². The second-order valence-corrected chi connectivity index (χ2v) is 5.11. The largest absolute Gasteiger partial charge is 0.493 e. The van der Waals surface area contributed by atoms with Gasteiger partial charge in [-0.05, 0) is 13.0 Å². The van der Waals surface area contributed by atoms with Crippen LogP contribution in [0, 0.1) is 0 Å². The summed E-state index contributed by atoms with van der Waals surface area (Å²) in [6.45, 7) is 4.24. The number of aromatic nitrogens is 2. The van der Waals surface area contributed by atoms with Crippen LogP contribution in [0.1, 0.15) is 32.0 Å². The normalized spacial score (nSPS) is 11.0. The van der Waals surface area contributed by atoms with Crippen molar-refractivity contribution in [2.24, 2.45) is 0 Å². The monoisotopic (exact) mass is 291 g/mol. The summed E-state index contributed by atoms with van der Waals surface area (Å²) in [4.78, 5) is 7.94. The van der Waals surface area contributed by atoms with Gasteiger partial charge >= 0.3 is 0 Å². The summed E-state index contributed by atoms with van der Waals surface area (Å²) in [5.41, 5.74) is 1.89. The number of aromatic amines is 1. The van der Waals surface area contributed by atoms with Crippen molar-refractivity contribution in [2.75, 3.05) is 27.3 Å². The fourth-order valence-corrected chi connectivity index (χ4v) is 2.34. The highest BCUT2D eigenvalue weighted by Gasteiger charge is 2.09. The third-order valence-electron chi connectivity index (χ3n) is 3.53. The minimum atomic E-state index is 0.709. The first kappa shape index (κ1) is 15.6. The minimum absolute atomic E-state index is 0.709. The number of rotatable bonds is 9. The highest BCUT2D eigenvalue weighted by molar-refractivity contribution is 5.79. The predicted octanol–water partition coefficient (Wildman–Crippen LogP) is 2.90. The molecule has 2 aromatic rings. The van der Waals surface area contributed by atoms with E-state index in [1.807, 2.05) is 12.1 Å². The second kappa shape index (κ2) is 7.88. The van der Waals surface area contributed by atoms with Crippen LogP contribution in [0.3, 0.4) is 0 Å². The van der Waals surface area contributed by atoms with Crippen LogP contribution in [0.5, 0.6) is 11.5 Å². The topological polar surface area (TPSA) is 59.2 Å². The first-order valence-electron chi connectivity index (χ1n) is 7.59. The van der Waals surface area contributed by atoms with Gasteiger partial charge in [-0.3, -0.25) is 0 Å². The van der Waals surface area contributed by atoms with Gasteiger partial charge in [-0.25, -0.2) is 4.98 Å². The number of nitrogens with zero attached hydrogens (tertiary/aromatic N) is 1. The SMILES string of the molecule is CCCCCNCCc1nc2cc(OC)c(OC)cc2[nH]1. The smallest absolute Gasteiger partial charge is 0.163 e. The molecule has 0 amide bonds. The highest BCUT2D eigenvalue weighted by atomic mass is 16.5. The summed E-state index contributed by atoms with van der Waals surface area (Å²) in [6, 6.07) is 3.84. The van der Waals surface area contributed by atoms with Crippen LogP contribution < -0.4 is 14.8 Å². The first-order chi connectivity index (χ1) is 10.3. The van der Waals surface area contributed by atoms with Crippen LogP contribution in [0.15, 0.2) is 12.1 Å². The van der Waals surface area contributed by atoms with E-state index in [1.54, 1.807) is 14.2 Å². The Hall–Kier alpha value is -1.75. The van der Waals surface area contributed by atoms with E-state index in [0.717, 1.165) is 42.1 Å². The van der Waals surface area contributed by atoms with Gasteiger partial charge < -0.3 is 19.8 Å². The van der Waals surface area contributed by atoms with E-state index in [-0.39, 0.29) is 0 Å². The van der Waals surface area contributed by atoms with Crippen molar-refractivity contribution in [3.63, 3.8) is 0 Å². The van der Waals surface area contributed by atoms with Crippen molar-refractivity contribution < 1.29 is 9.47 Å². The molecule has 1 aromatic carbocycles. The number of nitrogens with one attached hydrogen (secondary N) is 2. The number of benzene rings is 1. The Kier molecular flexibility index (Phi) is 5.87. The average molecular weight is 291 g/mol. The summed E-state index contributed by atoms with van der Waals surface area (Å²) in [5.74, 6) is 2.42. The standard InChI is InChI=1S/C16H25N3O2/c1-4-5-6-8-17-9-7-16-18-12-10-14(20-2)15(21-3)11-13(12)19-16/h10-11,17H,4-9H2,1-3H3,(H,18,19). The lowest BCUT2D eigenvalue weighted by molar-refractivity contribution is 0.356. The van der Waals surface area contributed by atoms with Gasteiger partial charge in [0.15, 0.2) is 11.5 Å². The summed E-state index contributed by atoms with van der Waals surface area (Å²) >= 11 is 0. The lowest BCUT2D eigenvalue weighted by Crippen LogP contribution is -2.18. The van der Waals surface area contributed by atoms with E-state index in [4.69, 9.17) is 9.47 Å². The van der Waals surface area contributed by atoms with Crippen molar-refractivity contribution in [1.29, 1.82) is 0 Å². The van der Waals surface area contributed by atoms with Crippen LogP contribution in [0.4, 0.5) is 0 Å². The molecule has 1 heterocycles. The van der Waals surface area contributed by atoms with E-state index in [9.17, 15) is 0 Å². The van der Waals surface area contributed by atoms with E-state index in [0.29, 0.717) is 5.75 Å². The molecule has 0 bridgehead atoms. The Bertz CT molecular complexity index is 525. The maximum absolute atomic E-state index is 5.30. The number of unbranched alkanes of at least 4 members (excludes halogenated alkanes) is 2. The Labute approximate surface area is 126 Å². The van der Waals surface area contributed by atoms with E-state index in [2.05, 4.69) is 22.2 Å². The van der Waals surface area contributed by atoms with Gasteiger partial charge in [0.1, 0.15) is 5.82 Å². The van der Waals surface area contributed by atoms with Gasteiger partial charge in [0.05, 0.1) is 25.3 Å². The summed E-state index contributed by atoms with van der Waals surface area (Å²) in [7, 11) is 3.28. The van der Waals surface area contributed by atoms with Crippen LogP contribution >= 0.6 is 0 Å². The van der Waals surface area contributed by atoms with Crippen molar-refractivity contribution in [3.05, 3.63) is 18.0 Å². The minimum Gasteiger partial charge on any atom is -0.493 e. The number of hydrogen-bond donors (Lipinski definition) is 2. The van der Waals surface area contributed by atoms with Gasteiger partial charge in [-0.15, -0.1) is 0 Å². The molecule has 116 valence electrons. The molecular weight excluding hydrogens is 266 g/mol. The molecular formula is C16H25N3O2. The maximum Gasteiger partial charge on any atom is 0.163 e. The molecule has 0 spiro atoms. The van der Waals surface area contributed by atoms with Crippen LogP contribution in [0.2, 0.25) is 0 Å². The highest BCUT2D eigenvalue weighted by Crippen LogP contribution is 2.30. The molecule has 2 N–H and O–H groups in total. The van der Waals surface area contributed by atoms with E-state index >= 15 is 0 Å². The van der Waals surface area contributed by atoms with Crippen molar-refractivity contribution in [1.82, 2.24) is 15.3 Å². The molecule has 0 aliphatic carbocycles. The first-order valence-corrected chi connectivity index (χ1v) is 7.59. The summed E-state index contributed by atoms with van der Waals surface area (Å²) in [5, 5.41) is 3.45. The van der Waals surface area contributed by atoms with Crippen LogP contribution in [0.25, 0.3) is 11.0 Å². The zero-order valence-corrected chi connectivity index (χ0v) is 13.2. The van der Waals surface area contributed by atoms with Gasteiger partial charge in [-0.1, -0.05) is 19.8 Å². The molecule has 0 aliphatic heterocycles. The second-order valence-electron chi connectivity index (χ2n) is 5.11. The predicted molar refractivity (Wildman–Crippen MR) is 85.3 cm³/mol. The molecule has 21 heavy (non-hydrogen) atoms. The van der Waals surface area contributed by atoms with Crippen molar-refractivity contribution in [2.45, 2.75) is 32.6 Å². The molecule has 2 rings (SSSR count). The molecule has 0 saturated heterocycles. The Morgan fingerprint density at radius 1 is 1.10 bits per heavy atom.